The molecule has 4 atom stereocenters. The van der Waals surface area contributed by atoms with Crippen molar-refractivity contribution in [3.05, 3.63) is 17.5 Å². The number of hydrogen-bond donors (Lipinski definition) is 2. The second-order valence-electron chi connectivity index (χ2n) is 7.43. The molecule has 0 radical (unpaired) electrons. The van der Waals surface area contributed by atoms with Gasteiger partial charge in [-0.05, 0) is 55.4 Å². The lowest BCUT2D eigenvalue weighted by molar-refractivity contribution is -0.117. The van der Waals surface area contributed by atoms with Gasteiger partial charge >= 0.3 is 6.03 Å². The molecule has 2 aliphatic rings. The lowest BCUT2D eigenvalue weighted by Gasteiger charge is -2.30. The van der Waals surface area contributed by atoms with Crippen LogP contribution in [0.2, 0.25) is 0 Å². The summed E-state index contributed by atoms with van der Waals surface area (Å²) in [5.41, 5.74) is 5.01. The van der Waals surface area contributed by atoms with Crippen molar-refractivity contribution in [2.45, 2.75) is 43.8 Å². The number of amides is 3. The molecule has 2 heterocycles. The number of fused-ring (bicyclic) bond motifs is 2. The molecule has 0 spiro atoms. The van der Waals surface area contributed by atoms with Gasteiger partial charge < -0.3 is 5.73 Å². The molecule has 2 saturated carbocycles. The number of primary amides is 1. The van der Waals surface area contributed by atoms with Crippen LogP contribution < -0.4 is 11.1 Å². The molecule has 4 rings (SSSR count). The summed E-state index contributed by atoms with van der Waals surface area (Å²) < 4.78 is 2.19. The summed E-state index contributed by atoms with van der Waals surface area (Å²) in [4.78, 5) is 23.7. The summed E-state index contributed by atoms with van der Waals surface area (Å²) >= 11 is 2.94. The van der Waals surface area contributed by atoms with Gasteiger partial charge in [-0.3, -0.25) is 14.7 Å². The number of hydrogen-bond acceptors (Lipinski definition) is 6. The molecule has 2 bridgehead atoms. The Hall–Kier alpha value is -1.87. The van der Waals surface area contributed by atoms with Gasteiger partial charge in [0.15, 0.2) is 11.0 Å². The Balaban J connectivity index is 1.59. The van der Waals surface area contributed by atoms with Crippen LogP contribution in [0, 0.1) is 17.8 Å². The van der Waals surface area contributed by atoms with Gasteiger partial charge in [-0.15, -0.1) is 21.5 Å². The molecule has 2 fully saturated rings. The molecular weight excluding hydrogens is 382 g/mol. The second-order valence-corrected chi connectivity index (χ2v) is 9.32. The Bertz CT molecular complexity index is 835. The fraction of sp³-hybridized carbons (Fsp3) is 0.556. The van der Waals surface area contributed by atoms with Gasteiger partial charge in [0, 0.05) is 6.04 Å². The van der Waals surface area contributed by atoms with Gasteiger partial charge in [0.25, 0.3) is 0 Å². The summed E-state index contributed by atoms with van der Waals surface area (Å²) in [6.07, 6.45) is 5.29. The Morgan fingerprint density at radius 2 is 2.26 bits per heavy atom. The first-order chi connectivity index (χ1) is 13.0. The van der Waals surface area contributed by atoms with E-state index in [-0.39, 0.29) is 11.8 Å². The van der Waals surface area contributed by atoms with Crippen molar-refractivity contribution in [1.82, 2.24) is 20.1 Å². The van der Waals surface area contributed by atoms with Crippen LogP contribution in [0.4, 0.5) is 4.79 Å². The number of carbonyl (C=O) groups excluding carboxylic acids is 2. The summed E-state index contributed by atoms with van der Waals surface area (Å²) in [5.74, 6) is 2.78. The maximum Gasteiger partial charge on any atom is 0.318 e. The van der Waals surface area contributed by atoms with Crippen LogP contribution in [0.5, 0.6) is 0 Å². The van der Waals surface area contributed by atoms with Crippen LogP contribution >= 0.6 is 23.1 Å². The van der Waals surface area contributed by atoms with Gasteiger partial charge in [0.1, 0.15) is 0 Å². The van der Waals surface area contributed by atoms with Crippen molar-refractivity contribution in [1.29, 1.82) is 0 Å². The number of nitrogens with one attached hydrogen (secondary N) is 1. The minimum Gasteiger partial charge on any atom is -0.351 e. The number of imide groups is 1. The third-order valence-electron chi connectivity index (χ3n) is 5.82. The highest BCUT2D eigenvalue weighted by Gasteiger charge is 2.43. The van der Waals surface area contributed by atoms with Crippen LogP contribution in [-0.4, -0.2) is 32.5 Å². The van der Waals surface area contributed by atoms with Crippen LogP contribution in [-0.2, 0) is 4.79 Å². The minimum absolute atomic E-state index is 0.0783. The Morgan fingerprint density at radius 1 is 1.41 bits per heavy atom. The third-order valence-corrected chi connectivity index (χ3v) is 7.63. The molecule has 0 aromatic carbocycles. The van der Waals surface area contributed by atoms with Crippen LogP contribution in [0.1, 0.15) is 38.6 Å². The molecule has 7 nitrogen and oxygen atoms in total. The van der Waals surface area contributed by atoms with Gasteiger partial charge in [0.05, 0.1) is 10.6 Å². The van der Waals surface area contributed by atoms with Crippen LogP contribution in [0.15, 0.2) is 22.7 Å². The fourth-order valence-electron chi connectivity index (χ4n) is 4.70. The number of thioether (sulfide) groups is 1. The van der Waals surface area contributed by atoms with Crippen molar-refractivity contribution in [2.75, 3.05) is 5.75 Å². The molecular formula is C18H23N5O2S2. The number of carbonyl (C=O) groups is 2. The number of urea groups is 1. The van der Waals surface area contributed by atoms with E-state index in [1.54, 1.807) is 11.3 Å². The van der Waals surface area contributed by atoms with E-state index >= 15 is 0 Å². The molecule has 144 valence electrons. The normalized spacial score (nSPS) is 24.9. The largest absolute Gasteiger partial charge is 0.351 e. The molecule has 27 heavy (non-hydrogen) atoms. The molecule has 0 aliphatic heterocycles. The number of thiophene rings is 1. The fourth-order valence-corrected chi connectivity index (χ4v) is 6.22. The predicted octanol–water partition coefficient (Wildman–Crippen LogP) is 3.29. The third kappa shape index (κ3) is 3.75. The van der Waals surface area contributed by atoms with E-state index < -0.39 is 11.9 Å². The van der Waals surface area contributed by atoms with Gasteiger partial charge in [-0.25, -0.2) is 4.79 Å². The molecule has 9 heteroatoms. The Labute approximate surface area is 166 Å². The van der Waals surface area contributed by atoms with Crippen molar-refractivity contribution in [3.8, 4) is 10.7 Å². The summed E-state index contributed by atoms with van der Waals surface area (Å²) in [6, 6.07) is 3.49. The highest BCUT2D eigenvalue weighted by molar-refractivity contribution is 7.99. The first-order valence-electron chi connectivity index (χ1n) is 9.23. The lowest BCUT2D eigenvalue weighted by Crippen LogP contribution is -2.36. The molecule has 3 N–H and O–H groups in total. The molecule has 2 aromatic heterocycles. The van der Waals surface area contributed by atoms with Crippen molar-refractivity contribution >= 4 is 35.0 Å². The zero-order valence-electron chi connectivity index (χ0n) is 15.1. The highest BCUT2D eigenvalue weighted by Crippen LogP contribution is 2.53. The summed E-state index contributed by atoms with van der Waals surface area (Å²) in [7, 11) is 0. The second kappa shape index (κ2) is 7.63. The van der Waals surface area contributed by atoms with E-state index in [4.69, 9.17) is 5.73 Å². The average Bonchev–Trinajstić information content (AvgIpc) is 3.42. The number of nitrogens with two attached hydrogens (primary N) is 1. The van der Waals surface area contributed by atoms with E-state index in [0.29, 0.717) is 11.1 Å². The highest BCUT2D eigenvalue weighted by atomic mass is 32.2. The van der Waals surface area contributed by atoms with Gasteiger partial charge in [0.2, 0.25) is 5.91 Å². The smallest absolute Gasteiger partial charge is 0.318 e. The zero-order chi connectivity index (χ0) is 19.0. The Morgan fingerprint density at radius 3 is 2.89 bits per heavy atom. The van der Waals surface area contributed by atoms with Crippen molar-refractivity contribution in [3.63, 3.8) is 0 Å². The van der Waals surface area contributed by atoms with Crippen molar-refractivity contribution < 1.29 is 9.59 Å². The lowest BCUT2D eigenvalue weighted by atomic mass is 9.84. The molecule has 2 aliphatic carbocycles. The SMILES string of the molecule is CC(C1CC2CCC1C2)n1c(SCC(=O)NC(N)=O)nnc1-c1cccs1. The molecule has 0 saturated heterocycles. The van der Waals surface area contributed by atoms with E-state index in [0.717, 1.165) is 22.5 Å². The maximum absolute atomic E-state index is 11.8. The predicted molar refractivity (Wildman–Crippen MR) is 105 cm³/mol. The number of aromatic nitrogens is 3. The van der Waals surface area contributed by atoms with Crippen molar-refractivity contribution in [2.24, 2.45) is 23.5 Å². The topological polar surface area (TPSA) is 103 Å². The van der Waals surface area contributed by atoms with E-state index in [1.807, 2.05) is 17.5 Å². The first-order valence-corrected chi connectivity index (χ1v) is 11.1. The zero-order valence-corrected chi connectivity index (χ0v) is 16.8. The number of rotatable bonds is 6. The van der Waals surface area contributed by atoms with Gasteiger partial charge in [-0.1, -0.05) is 24.2 Å². The molecule has 4 unspecified atom stereocenters. The summed E-state index contributed by atoms with van der Waals surface area (Å²) in [6.45, 7) is 2.25. The van der Waals surface area contributed by atoms with E-state index in [1.165, 1.54) is 37.4 Å². The van der Waals surface area contributed by atoms with E-state index in [9.17, 15) is 9.59 Å². The van der Waals surface area contributed by atoms with Crippen LogP contribution in [0.25, 0.3) is 10.7 Å². The standard InChI is InChI=1S/C18H23N5O2S2/c1-10(13-8-11-4-5-12(13)7-11)23-16(14-3-2-6-26-14)21-22-18(23)27-9-15(24)20-17(19)25/h2-3,6,10-13H,4-5,7-9H2,1H3,(H3,19,20,24,25). The Kier molecular flexibility index (Phi) is 5.23. The summed E-state index contributed by atoms with van der Waals surface area (Å²) in [5, 5.41) is 13.6. The number of nitrogens with zero attached hydrogens (tertiary/aromatic N) is 3. The minimum atomic E-state index is -0.836. The van der Waals surface area contributed by atoms with Crippen LogP contribution in [0.3, 0.4) is 0 Å². The average molecular weight is 406 g/mol. The molecule has 3 amide bonds. The van der Waals surface area contributed by atoms with E-state index in [2.05, 4.69) is 27.0 Å². The first kappa shape index (κ1) is 18.5. The van der Waals surface area contributed by atoms with Gasteiger partial charge in [-0.2, -0.15) is 0 Å². The quantitative estimate of drug-likeness (QED) is 0.718. The maximum atomic E-state index is 11.8. The monoisotopic (exact) mass is 405 g/mol. The molecule has 2 aromatic rings.